The van der Waals surface area contributed by atoms with Gasteiger partial charge in [-0.15, -0.1) is 11.3 Å². The van der Waals surface area contributed by atoms with Crippen LogP contribution in [-0.2, 0) is 13.2 Å². The van der Waals surface area contributed by atoms with Gasteiger partial charge in [0.2, 0.25) is 0 Å². The van der Waals surface area contributed by atoms with Crippen molar-refractivity contribution in [1.82, 2.24) is 10.3 Å². The Bertz CT molecular complexity index is 786. The quantitative estimate of drug-likeness (QED) is 0.733. The first-order valence-corrected chi connectivity index (χ1v) is 8.10. The first-order chi connectivity index (χ1) is 11.2. The fourth-order valence-corrected chi connectivity index (χ4v) is 2.72. The van der Waals surface area contributed by atoms with Gasteiger partial charge < -0.3 is 14.5 Å². The van der Waals surface area contributed by atoms with E-state index < -0.39 is 0 Å². The van der Waals surface area contributed by atoms with E-state index in [4.69, 9.17) is 20.8 Å². The number of benzene rings is 1. The molecule has 7 heteroatoms. The second-order valence-corrected chi connectivity index (χ2v) is 6.01. The SMILES string of the molecule is O=C(NCc1ccco1)c1csc(COc2cccc(Cl)c2)n1. The third-order valence-corrected chi connectivity index (χ3v) is 4.00. The number of rotatable bonds is 6. The number of amides is 1. The van der Waals surface area contributed by atoms with Crippen molar-refractivity contribution in [2.24, 2.45) is 0 Å². The van der Waals surface area contributed by atoms with Crippen LogP contribution in [0.15, 0.2) is 52.5 Å². The van der Waals surface area contributed by atoms with Gasteiger partial charge in [-0.25, -0.2) is 4.98 Å². The number of aromatic nitrogens is 1. The normalized spacial score (nSPS) is 10.5. The molecule has 0 unspecified atom stereocenters. The predicted octanol–water partition coefficient (Wildman–Crippen LogP) is 3.90. The molecule has 0 radical (unpaired) electrons. The lowest BCUT2D eigenvalue weighted by atomic mass is 10.3. The van der Waals surface area contributed by atoms with Crippen molar-refractivity contribution in [2.75, 3.05) is 0 Å². The van der Waals surface area contributed by atoms with E-state index in [9.17, 15) is 4.79 Å². The molecule has 0 bridgehead atoms. The zero-order chi connectivity index (χ0) is 16.1. The van der Waals surface area contributed by atoms with E-state index in [2.05, 4.69) is 10.3 Å². The molecular weight excluding hydrogens is 336 g/mol. The van der Waals surface area contributed by atoms with Crippen LogP contribution in [0, 0.1) is 0 Å². The third-order valence-electron chi connectivity index (χ3n) is 2.95. The number of ether oxygens (including phenoxy) is 1. The minimum atomic E-state index is -0.244. The van der Waals surface area contributed by atoms with Gasteiger partial charge in [-0.05, 0) is 30.3 Å². The van der Waals surface area contributed by atoms with E-state index in [-0.39, 0.29) is 12.5 Å². The number of furan rings is 1. The Morgan fingerprint density at radius 1 is 1.35 bits per heavy atom. The molecule has 1 aromatic carbocycles. The van der Waals surface area contributed by atoms with Crippen LogP contribution in [0.2, 0.25) is 5.02 Å². The first kappa shape index (κ1) is 15.6. The van der Waals surface area contributed by atoms with Crippen molar-refractivity contribution in [2.45, 2.75) is 13.2 Å². The fourth-order valence-electron chi connectivity index (χ4n) is 1.85. The van der Waals surface area contributed by atoms with E-state index in [1.165, 1.54) is 11.3 Å². The van der Waals surface area contributed by atoms with Gasteiger partial charge in [-0.1, -0.05) is 17.7 Å². The van der Waals surface area contributed by atoms with Crippen LogP contribution < -0.4 is 10.1 Å². The monoisotopic (exact) mass is 348 g/mol. The lowest BCUT2D eigenvalue weighted by Gasteiger charge is -2.03. The Labute approximate surface area is 141 Å². The van der Waals surface area contributed by atoms with Gasteiger partial charge in [0.1, 0.15) is 28.8 Å². The third kappa shape index (κ3) is 4.34. The summed E-state index contributed by atoms with van der Waals surface area (Å²) in [6.45, 7) is 0.619. The summed E-state index contributed by atoms with van der Waals surface area (Å²) in [6.07, 6.45) is 1.57. The molecule has 1 amide bonds. The molecule has 3 rings (SSSR count). The summed E-state index contributed by atoms with van der Waals surface area (Å²) in [4.78, 5) is 16.3. The second-order valence-electron chi connectivity index (χ2n) is 4.63. The van der Waals surface area contributed by atoms with Crippen LogP contribution in [0.25, 0.3) is 0 Å². The summed E-state index contributed by atoms with van der Waals surface area (Å²) in [5.74, 6) is 1.11. The average molecular weight is 349 g/mol. The fraction of sp³-hybridized carbons (Fsp3) is 0.125. The average Bonchev–Trinajstić information content (AvgIpc) is 3.22. The maximum absolute atomic E-state index is 12.0. The lowest BCUT2D eigenvalue weighted by Crippen LogP contribution is -2.22. The van der Waals surface area contributed by atoms with Gasteiger partial charge in [-0.2, -0.15) is 0 Å². The largest absolute Gasteiger partial charge is 0.486 e. The van der Waals surface area contributed by atoms with Crippen LogP contribution in [0.3, 0.4) is 0 Å². The van der Waals surface area contributed by atoms with E-state index in [0.717, 1.165) is 0 Å². The molecule has 118 valence electrons. The smallest absolute Gasteiger partial charge is 0.271 e. The number of halogens is 1. The highest BCUT2D eigenvalue weighted by Crippen LogP contribution is 2.19. The highest BCUT2D eigenvalue weighted by Gasteiger charge is 2.11. The van der Waals surface area contributed by atoms with E-state index in [1.807, 2.05) is 12.1 Å². The van der Waals surface area contributed by atoms with Crippen molar-refractivity contribution < 1.29 is 13.9 Å². The molecule has 1 N–H and O–H groups in total. The minimum absolute atomic E-state index is 0.244. The van der Waals surface area contributed by atoms with Crippen LogP contribution in [0.4, 0.5) is 0 Å². The van der Waals surface area contributed by atoms with E-state index >= 15 is 0 Å². The van der Waals surface area contributed by atoms with Crippen molar-refractivity contribution in [3.05, 3.63) is 69.5 Å². The van der Waals surface area contributed by atoms with Crippen LogP contribution in [-0.4, -0.2) is 10.9 Å². The van der Waals surface area contributed by atoms with Crippen molar-refractivity contribution in [3.63, 3.8) is 0 Å². The predicted molar refractivity (Wildman–Crippen MR) is 87.8 cm³/mol. The number of thiazole rings is 1. The summed E-state index contributed by atoms with van der Waals surface area (Å²) < 4.78 is 10.8. The minimum Gasteiger partial charge on any atom is -0.486 e. The molecule has 0 saturated heterocycles. The van der Waals surface area contributed by atoms with Crippen LogP contribution in [0.1, 0.15) is 21.3 Å². The Kier molecular flexibility index (Phi) is 4.95. The lowest BCUT2D eigenvalue weighted by molar-refractivity contribution is 0.0943. The standard InChI is InChI=1S/C16H13ClN2O3S/c17-11-3-1-4-12(7-11)22-9-15-19-14(10-23-15)16(20)18-8-13-5-2-6-21-13/h1-7,10H,8-9H2,(H,18,20). The Morgan fingerprint density at radius 2 is 2.26 bits per heavy atom. The maximum Gasteiger partial charge on any atom is 0.271 e. The Balaban J connectivity index is 1.54. The van der Waals surface area contributed by atoms with Crippen molar-refractivity contribution in [1.29, 1.82) is 0 Å². The molecule has 0 aliphatic heterocycles. The number of hydrogen-bond acceptors (Lipinski definition) is 5. The molecule has 3 aromatic rings. The highest BCUT2D eigenvalue weighted by atomic mass is 35.5. The first-order valence-electron chi connectivity index (χ1n) is 6.84. The van der Waals surface area contributed by atoms with Crippen LogP contribution in [0.5, 0.6) is 5.75 Å². The molecule has 2 heterocycles. The van der Waals surface area contributed by atoms with E-state index in [1.54, 1.807) is 35.9 Å². The number of carbonyl (C=O) groups is 1. The van der Waals surface area contributed by atoms with Gasteiger partial charge in [0.25, 0.3) is 5.91 Å². The summed E-state index contributed by atoms with van der Waals surface area (Å²) in [5.41, 5.74) is 0.367. The summed E-state index contributed by atoms with van der Waals surface area (Å²) in [5, 5.41) is 5.78. The molecule has 0 fully saturated rings. The number of hydrogen-bond donors (Lipinski definition) is 1. The van der Waals surface area contributed by atoms with Gasteiger partial charge >= 0.3 is 0 Å². The Hall–Kier alpha value is -2.31. The van der Waals surface area contributed by atoms with Crippen molar-refractivity contribution >= 4 is 28.8 Å². The molecule has 0 saturated carbocycles. The highest BCUT2D eigenvalue weighted by molar-refractivity contribution is 7.09. The molecule has 0 atom stereocenters. The van der Waals surface area contributed by atoms with Crippen LogP contribution >= 0.6 is 22.9 Å². The number of carbonyl (C=O) groups excluding carboxylic acids is 1. The summed E-state index contributed by atoms with van der Waals surface area (Å²) in [6, 6.07) is 10.7. The van der Waals surface area contributed by atoms with Gasteiger partial charge in [-0.3, -0.25) is 4.79 Å². The van der Waals surface area contributed by atoms with Gasteiger partial charge in [0.15, 0.2) is 0 Å². The molecular formula is C16H13ClN2O3S. The molecule has 0 aliphatic carbocycles. The molecule has 0 spiro atoms. The van der Waals surface area contributed by atoms with Gasteiger partial charge in [0.05, 0.1) is 12.8 Å². The number of nitrogens with one attached hydrogen (secondary N) is 1. The molecule has 2 aromatic heterocycles. The molecule has 0 aliphatic rings. The zero-order valence-corrected chi connectivity index (χ0v) is 13.6. The molecule has 23 heavy (non-hydrogen) atoms. The molecule has 5 nitrogen and oxygen atoms in total. The zero-order valence-electron chi connectivity index (χ0n) is 12.0. The second kappa shape index (κ2) is 7.30. The topological polar surface area (TPSA) is 64.4 Å². The Morgan fingerprint density at radius 3 is 3.04 bits per heavy atom. The number of nitrogens with zero attached hydrogens (tertiary/aromatic N) is 1. The summed E-state index contributed by atoms with van der Waals surface area (Å²) >= 11 is 7.27. The summed E-state index contributed by atoms with van der Waals surface area (Å²) in [7, 11) is 0. The van der Waals surface area contributed by atoms with E-state index in [0.29, 0.717) is 33.8 Å². The van der Waals surface area contributed by atoms with Crippen molar-refractivity contribution in [3.8, 4) is 5.75 Å². The van der Waals surface area contributed by atoms with Gasteiger partial charge in [0, 0.05) is 10.4 Å². The maximum atomic E-state index is 12.0.